The predicted octanol–water partition coefficient (Wildman–Crippen LogP) is 5.16. The van der Waals surface area contributed by atoms with Gasteiger partial charge >= 0.3 is 5.97 Å². The second kappa shape index (κ2) is 18.4. The number of aliphatic hydroxyl groups excluding tert-OH is 2. The first kappa shape index (κ1) is 24.6. The van der Waals surface area contributed by atoms with Gasteiger partial charge in [0, 0.05) is 6.42 Å². The minimum absolute atomic E-state index is 0.268. The van der Waals surface area contributed by atoms with Gasteiger partial charge < -0.3 is 15.3 Å². The van der Waals surface area contributed by atoms with E-state index in [1.54, 1.807) is 12.2 Å². The molecule has 0 aliphatic carbocycles. The first-order valence-corrected chi connectivity index (χ1v) is 10.2. The highest BCUT2D eigenvalue weighted by atomic mass is 16.4. The lowest BCUT2D eigenvalue weighted by atomic mass is 10.1. The van der Waals surface area contributed by atoms with Gasteiger partial charge in [0.2, 0.25) is 0 Å². The van der Waals surface area contributed by atoms with Crippen molar-refractivity contribution in [1.82, 2.24) is 0 Å². The highest BCUT2D eigenvalue weighted by Gasteiger charge is 2.00. The molecule has 0 aromatic carbocycles. The van der Waals surface area contributed by atoms with Crippen molar-refractivity contribution >= 4 is 5.97 Å². The number of aliphatic carboxylic acids is 1. The Labute approximate surface area is 159 Å². The van der Waals surface area contributed by atoms with Crippen LogP contribution in [0.25, 0.3) is 0 Å². The van der Waals surface area contributed by atoms with Gasteiger partial charge in [-0.15, -0.1) is 0 Å². The quantitative estimate of drug-likeness (QED) is 0.245. The Hall–Kier alpha value is -1.39. The largest absolute Gasteiger partial charge is 0.481 e. The summed E-state index contributed by atoms with van der Waals surface area (Å²) in [5, 5.41) is 28.1. The minimum Gasteiger partial charge on any atom is -0.481 e. The summed E-state index contributed by atoms with van der Waals surface area (Å²) < 4.78 is 0. The SMILES string of the molecule is CCCCC[C@H](O)C=CC=CC=C[C@@H](O)CCCCCCCCC(=O)O. The molecule has 0 aromatic heterocycles. The molecule has 0 saturated carbocycles. The summed E-state index contributed by atoms with van der Waals surface area (Å²) in [5.74, 6) is -0.715. The molecule has 0 unspecified atom stereocenters. The molecule has 0 radical (unpaired) electrons. The zero-order valence-corrected chi connectivity index (χ0v) is 16.4. The lowest BCUT2D eigenvalue weighted by molar-refractivity contribution is -0.137. The molecular formula is C22H38O4. The summed E-state index contributed by atoms with van der Waals surface area (Å²) >= 11 is 0. The number of hydrogen-bond donors (Lipinski definition) is 3. The zero-order chi connectivity index (χ0) is 19.5. The standard InChI is InChI=1S/C22H38O4/c1-2-3-10-15-20(23)17-12-8-9-13-18-21(24)16-11-6-4-5-7-14-19-22(25)26/h8-9,12-13,17-18,20-21,23-24H,2-7,10-11,14-16,19H2,1H3,(H,25,26)/t20-,21-/m0/s1. The van der Waals surface area contributed by atoms with Crippen LogP contribution >= 0.6 is 0 Å². The van der Waals surface area contributed by atoms with Gasteiger partial charge in [0.05, 0.1) is 12.2 Å². The molecule has 0 aliphatic heterocycles. The molecule has 0 rings (SSSR count). The van der Waals surface area contributed by atoms with E-state index in [0.717, 1.165) is 70.6 Å². The monoisotopic (exact) mass is 366 g/mol. The molecule has 0 amide bonds. The third-order valence-corrected chi connectivity index (χ3v) is 4.24. The van der Waals surface area contributed by atoms with Crippen LogP contribution in [0.15, 0.2) is 36.5 Å². The molecule has 0 heterocycles. The summed E-state index contributed by atoms with van der Waals surface area (Å²) in [6.07, 6.45) is 21.4. The number of aliphatic hydroxyl groups is 2. The van der Waals surface area contributed by atoms with Crippen LogP contribution in [-0.4, -0.2) is 33.5 Å². The van der Waals surface area contributed by atoms with Gasteiger partial charge in [-0.05, 0) is 19.3 Å². The van der Waals surface area contributed by atoms with E-state index in [1.165, 1.54) is 0 Å². The Morgan fingerprint density at radius 2 is 1.19 bits per heavy atom. The molecule has 0 saturated heterocycles. The summed E-state index contributed by atoms with van der Waals surface area (Å²) in [7, 11) is 0. The van der Waals surface area contributed by atoms with E-state index in [2.05, 4.69) is 6.92 Å². The van der Waals surface area contributed by atoms with Gasteiger partial charge in [0.25, 0.3) is 0 Å². The lowest BCUT2D eigenvalue weighted by Crippen LogP contribution is -2.01. The third-order valence-electron chi connectivity index (χ3n) is 4.24. The first-order chi connectivity index (χ1) is 12.6. The Morgan fingerprint density at radius 3 is 1.69 bits per heavy atom. The van der Waals surface area contributed by atoms with Gasteiger partial charge in [0.1, 0.15) is 0 Å². The smallest absolute Gasteiger partial charge is 0.303 e. The van der Waals surface area contributed by atoms with E-state index >= 15 is 0 Å². The number of unbranched alkanes of at least 4 members (excludes halogenated alkanes) is 7. The Bertz CT molecular complexity index is 412. The molecule has 150 valence electrons. The number of allylic oxidation sites excluding steroid dienone is 4. The van der Waals surface area contributed by atoms with E-state index < -0.39 is 12.1 Å². The van der Waals surface area contributed by atoms with Crippen molar-refractivity contribution < 1.29 is 20.1 Å². The average Bonchev–Trinajstić information content (AvgIpc) is 2.60. The van der Waals surface area contributed by atoms with Crippen molar-refractivity contribution in [3.63, 3.8) is 0 Å². The van der Waals surface area contributed by atoms with Crippen LogP contribution in [-0.2, 0) is 4.79 Å². The van der Waals surface area contributed by atoms with Crippen LogP contribution in [0.2, 0.25) is 0 Å². The number of carbonyl (C=O) groups is 1. The van der Waals surface area contributed by atoms with Crippen molar-refractivity contribution in [2.24, 2.45) is 0 Å². The Kier molecular flexibility index (Phi) is 17.4. The highest BCUT2D eigenvalue weighted by molar-refractivity contribution is 5.66. The average molecular weight is 367 g/mol. The van der Waals surface area contributed by atoms with Gasteiger partial charge in [-0.2, -0.15) is 0 Å². The molecule has 0 aromatic rings. The fraction of sp³-hybridized carbons (Fsp3) is 0.682. The van der Waals surface area contributed by atoms with E-state index in [0.29, 0.717) is 0 Å². The summed E-state index contributed by atoms with van der Waals surface area (Å²) in [6.45, 7) is 2.15. The molecule has 4 heteroatoms. The van der Waals surface area contributed by atoms with Crippen LogP contribution in [0.3, 0.4) is 0 Å². The molecular weight excluding hydrogens is 328 g/mol. The van der Waals surface area contributed by atoms with Crippen molar-refractivity contribution in [2.45, 2.75) is 96.2 Å². The topological polar surface area (TPSA) is 77.8 Å². The fourth-order valence-electron chi connectivity index (χ4n) is 2.65. The second-order valence-electron chi connectivity index (χ2n) is 6.84. The minimum atomic E-state index is -0.715. The molecule has 26 heavy (non-hydrogen) atoms. The molecule has 0 bridgehead atoms. The van der Waals surface area contributed by atoms with Gasteiger partial charge in [-0.1, -0.05) is 94.7 Å². The number of carboxylic acid groups (broad SMARTS) is 1. The van der Waals surface area contributed by atoms with Crippen molar-refractivity contribution in [2.75, 3.05) is 0 Å². The highest BCUT2D eigenvalue weighted by Crippen LogP contribution is 2.10. The number of carboxylic acids is 1. The van der Waals surface area contributed by atoms with Crippen LogP contribution in [0.5, 0.6) is 0 Å². The van der Waals surface area contributed by atoms with Crippen LogP contribution < -0.4 is 0 Å². The van der Waals surface area contributed by atoms with Crippen LogP contribution in [0.1, 0.15) is 84.0 Å². The number of rotatable bonds is 17. The van der Waals surface area contributed by atoms with Gasteiger partial charge in [-0.3, -0.25) is 4.79 Å². The van der Waals surface area contributed by atoms with Crippen LogP contribution in [0.4, 0.5) is 0 Å². The molecule has 2 atom stereocenters. The van der Waals surface area contributed by atoms with Crippen LogP contribution in [0, 0.1) is 0 Å². The summed E-state index contributed by atoms with van der Waals surface area (Å²) in [5.41, 5.74) is 0. The van der Waals surface area contributed by atoms with Gasteiger partial charge in [0.15, 0.2) is 0 Å². The van der Waals surface area contributed by atoms with Crippen molar-refractivity contribution in [1.29, 1.82) is 0 Å². The molecule has 0 fully saturated rings. The molecule has 4 nitrogen and oxygen atoms in total. The molecule has 0 spiro atoms. The van der Waals surface area contributed by atoms with E-state index in [9.17, 15) is 15.0 Å². The maximum absolute atomic E-state index is 10.4. The predicted molar refractivity (Wildman–Crippen MR) is 108 cm³/mol. The summed E-state index contributed by atoms with van der Waals surface area (Å²) in [4.78, 5) is 10.4. The lowest BCUT2D eigenvalue weighted by Gasteiger charge is -2.05. The fourth-order valence-corrected chi connectivity index (χ4v) is 2.65. The van der Waals surface area contributed by atoms with Crippen molar-refractivity contribution in [3.8, 4) is 0 Å². The van der Waals surface area contributed by atoms with E-state index in [1.807, 2.05) is 24.3 Å². The zero-order valence-electron chi connectivity index (χ0n) is 16.4. The third kappa shape index (κ3) is 18.9. The maximum Gasteiger partial charge on any atom is 0.303 e. The van der Waals surface area contributed by atoms with E-state index in [4.69, 9.17) is 5.11 Å². The van der Waals surface area contributed by atoms with E-state index in [-0.39, 0.29) is 12.5 Å². The molecule has 3 N–H and O–H groups in total. The Morgan fingerprint density at radius 1 is 0.731 bits per heavy atom. The summed E-state index contributed by atoms with van der Waals surface area (Å²) in [6, 6.07) is 0. The maximum atomic E-state index is 10.4. The second-order valence-corrected chi connectivity index (χ2v) is 6.84. The normalized spacial score (nSPS) is 14.6. The van der Waals surface area contributed by atoms with Gasteiger partial charge in [-0.25, -0.2) is 0 Å². The molecule has 0 aliphatic rings. The van der Waals surface area contributed by atoms with Crippen molar-refractivity contribution in [3.05, 3.63) is 36.5 Å². The Balaban J connectivity index is 3.61. The number of hydrogen-bond acceptors (Lipinski definition) is 3. The first-order valence-electron chi connectivity index (χ1n) is 10.2.